The molecule has 0 bridgehead atoms. The van der Waals surface area contributed by atoms with Crippen LogP contribution in [0.2, 0.25) is 0 Å². The Bertz CT molecular complexity index is 1210. The maximum Gasteiger partial charge on any atom is 0.195 e. The SMILES string of the molecule is O=C(C=Cc1cn(-c2ccccc2)nc1-c1ccc2c(c1)OCCO2)c1cccs1. The molecule has 0 radical (unpaired) electrons. The Morgan fingerprint density at radius 2 is 1.83 bits per heavy atom. The predicted octanol–water partition coefficient (Wildman–Crippen LogP) is 5.27. The average molecular weight is 414 g/mol. The van der Waals surface area contributed by atoms with Gasteiger partial charge in [0.25, 0.3) is 0 Å². The highest BCUT2D eigenvalue weighted by molar-refractivity contribution is 7.12. The summed E-state index contributed by atoms with van der Waals surface area (Å²) in [5.41, 5.74) is 3.46. The molecule has 0 fully saturated rings. The number of hydrogen-bond donors (Lipinski definition) is 0. The molecular weight excluding hydrogens is 396 g/mol. The van der Waals surface area contributed by atoms with Crippen LogP contribution in [-0.2, 0) is 0 Å². The summed E-state index contributed by atoms with van der Waals surface area (Å²) in [6, 6.07) is 19.4. The standard InChI is InChI=1S/C24H18N2O3S/c27-20(23-7-4-14-30-23)10-8-18-16-26(19-5-2-1-3-6-19)25-24(18)17-9-11-21-22(15-17)29-13-12-28-21/h1-11,14-16H,12-13H2. The van der Waals surface area contributed by atoms with Crippen molar-refractivity contribution in [2.75, 3.05) is 13.2 Å². The Kier molecular flexibility index (Phi) is 4.91. The fourth-order valence-electron chi connectivity index (χ4n) is 3.30. The Hall–Kier alpha value is -3.64. The van der Waals surface area contributed by atoms with Crippen molar-refractivity contribution in [3.8, 4) is 28.4 Å². The molecule has 0 spiro atoms. The Morgan fingerprint density at radius 1 is 1.00 bits per heavy atom. The highest BCUT2D eigenvalue weighted by Crippen LogP contribution is 2.35. The number of aromatic nitrogens is 2. The van der Waals surface area contributed by atoms with E-state index >= 15 is 0 Å². The summed E-state index contributed by atoms with van der Waals surface area (Å²) in [5.74, 6) is 1.42. The van der Waals surface area contributed by atoms with Crippen molar-refractivity contribution >= 4 is 23.2 Å². The summed E-state index contributed by atoms with van der Waals surface area (Å²) in [5, 5.41) is 6.70. The molecular formula is C24H18N2O3S. The van der Waals surface area contributed by atoms with E-state index in [0.29, 0.717) is 23.8 Å². The first-order chi connectivity index (χ1) is 14.8. The molecule has 6 heteroatoms. The fraction of sp³-hybridized carbons (Fsp3) is 0.0833. The Morgan fingerprint density at radius 3 is 2.63 bits per heavy atom. The molecule has 5 nitrogen and oxygen atoms in total. The minimum Gasteiger partial charge on any atom is -0.486 e. The number of carbonyl (C=O) groups is 1. The van der Waals surface area contributed by atoms with Crippen molar-refractivity contribution in [2.24, 2.45) is 0 Å². The number of thiophene rings is 1. The van der Waals surface area contributed by atoms with E-state index in [4.69, 9.17) is 14.6 Å². The van der Waals surface area contributed by atoms with Crippen LogP contribution in [0.15, 0.2) is 78.3 Å². The molecule has 0 atom stereocenters. The molecule has 5 rings (SSSR count). The van der Waals surface area contributed by atoms with E-state index in [1.54, 1.807) is 6.08 Å². The van der Waals surface area contributed by atoms with Gasteiger partial charge in [-0.1, -0.05) is 24.3 Å². The molecule has 1 aliphatic heterocycles. The Balaban J connectivity index is 1.56. The van der Waals surface area contributed by atoms with Gasteiger partial charge in [-0.15, -0.1) is 11.3 Å². The van der Waals surface area contributed by atoms with Gasteiger partial charge in [-0.3, -0.25) is 4.79 Å². The second kappa shape index (κ2) is 8.00. The summed E-state index contributed by atoms with van der Waals surface area (Å²) >= 11 is 1.43. The van der Waals surface area contributed by atoms with Crippen molar-refractivity contribution in [2.45, 2.75) is 0 Å². The molecule has 4 aromatic rings. The van der Waals surface area contributed by atoms with Crippen LogP contribution in [0.25, 0.3) is 23.0 Å². The number of hydrogen-bond acceptors (Lipinski definition) is 5. The molecule has 0 unspecified atom stereocenters. The van der Waals surface area contributed by atoms with Crippen LogP contribution < -0.4 is 9.47 Å². The van der Waals surface area contributed by atoms with Gasteiger partial charge in [0.2, 0.25) is 0 Å². The number of ketones is 1. The van der Waals surface area contributed by atoms with E-state index in [2.05, 4.69) is 0 Å². The number of rotatable bonds is 5. The van der Waals surface area contributed by atoms with Gasteiger partial charge in [0, 0.05) is 17.3 Å². The van der Waals surface area contributed by atoms with Crippen LogP contribution in [0.5, 0.6) is 11.5 Å². The number of benzene rings is 2. The summed E-state index contributed by atoms with van der Waals surface area (Å²) in [7, 11) is 0. The maximum atomic E-state index is 12.5. The average Bonchev–Trinajstić information content (AvgIpc) is 3.48. The fourth-order valence-corrected chi connectivity index (χ4v) is 3.95. The van der Waals surface area contributed by atoms with Gasteiger partial charge in [-0.25, -0.2) is 4.68 Å². The van der Waals surface area contributed by atoms with Crippen molar-refractivity contribution < 1.29 is 14.3 Å². The molecule has 3 heterocycles. The zero-order valence-electron chi connectivity index (χ0n) is 16.0. The zero-order chi connectivity index (χ0) is 20.3. The van der Waals surface area contributed by atoms with Crippen LogP contribution in [0, 0.1) is 0 Å². The summed E-state index contributed by atoms with van der Waals surface area (Å²) in [6.45, 7) is 1.07. The van der Waals surface area contributed by atoms with E-state index in [1.165, 1.54) is 11.3 Å². The predicted molar refractivity (Wildman–Crippen MR) is 118 cm³/mol. The smallest absolute Gasteiger partial charge is 0.195 e. The van der Waals surface area contributed by atoms with E-state index in [9.17, 15) is 4.79 Å². The first kappa shape index (κ1) is 18.4. The van der Waals surface area contributed by atoms with Crippen LogP contribution in [0.1, 0.15) is 15.2 Å². The molecule has 0 saturated heterocycles. The first-order valence-electron chi connectivity index (χ1n) is 9.59. The van der Waals surface area contributed by atoms with E-state index in [0.717, 1.165) is 28.3 Å². The van der Waals surface area contributed by atoms with Gasteiger partial charge in [-0.05, 0) is 53.9 Å². The molecule has 0 N–H and O–H groups in total. The highest BCUT2D eigenvalue weighted by Gasteiger charge is 2.16. The van der Waals surface area contributed by atoms with Crippen LogP contribution in [0.3, 0.4) is 0 Å². The lowest BCUT2D eigenvalue weighted by Crippen LogP contribution is -2.15. The van der Waals surface area contributed by atoms with E-state index in [-0.39, 0.29) is 5.78 Å². The molecule has 0 aliphatic carbocycles. The summed E-state index contributed by atoms with van der Waals surface area (Å²) in [6.07, 6.45) is 5.35. The zero-order valence-corrected chi connectivity index (χ0v) is 16.8. The lowest BCUT2D eigenvalue weighted by Gasteiger charge is -2.18. The van der Waals surface area contributed by atoms with Crippen LogP contribution in [0.4, 0.5) is 0 Å². The molecule has 2 aromatic carbocycles. The normalized spacial score (nSPS) is 12.9. The second-order valence-electron chi connectivity index (χ2n) is 6.75. The summed E-state index contributed by atoms with van der Waals surface area (Å²) in [4.78, 5) is 13.2. The second-order valence-corrected chi connectivity index (χ2v) is 7.69. The molecule has 0 saturated carbocycles. The quantitative estimate of drug-likeness (QED) is 0.330. The number of carbonyl (C=O) groups excluding carboxylic acids is 1. The molecule has 148 valence electrons. The molecule has 0 amide bonds. The van der Waals surface area contributed by atoms with Crippen molar-refractivity contribution in [1.82, 2.24) is 9.78 Å². The largest absolute Gasteiger partial charge is 0.486 e. The number of nitrogens with zero attached hydrogens (tertiary/aromatic N) is 2. The van der Waals surface area contributed by atoms with E-state index < -0.39 is 0 Å². The maximum absolute atomic E-state index is 12.5. The molecule has 2 aromatic heterocycles. The van der Waals surface area contributed by atoms with Crippen LogP contribution >= 0.6 is 11.3 Å². The third-order valence-electron chi connectivity index (χ3n) is 4.76. The van der Waals surface area contributed by atoms with E-state index in [1.807, 2.05) is 83.0 Å². The summed E-state index contributed by atoms with van der Waals surface area (Å²) < 4.78 is 13.2. The van der Waals surface area contributed by atoms with Gasteiger partial charge < -0.3 is 9.47 Å². The number of allylic oxidation sites excluding steroid dienone is 1. The van der Waals surface area contributed by atoms with Gasteiger partial charge in [0.05, 0.1) is 10.6 Å². The lowest BCUT2D eigenvalue weighted by atomic mass is 10.1. The molecule has 30 heavy (non-hydrogen) atoms. The minimum atomic E-state index is -0.0226. The van der Waals surface area contributed by atoms with Gasteiger partial charge in [-0.2, -0.15) is 5.10 Å². The third-order valence-corrected chi connectivity index (χ3v) is 5.64. The highest BCUT2D eigenvalue weighted by atomic mass is 32.1. The van der Waals surface area contributed by atoms with Crippen molar-refractivity contribution in [1.29, 1.82) is 0 Å². The Labute approximate surface area is 177 Å². The number of fused-ring (bicyclic) bond motifs is 1. The van der Waals surface area contributed by atoms with Gasteiger partial charge in [0.1, 0.15) is 18.9 Å². The monoisotopic (exact) mass is 414 g/mol. The van der Waals surface area contributed by atoms with Crippen LogP contribution in [-0.4, -0.2) is 28.8 Å². The first-order valence-corrected chi connectivity index (χ1v) is 10.5. The minimum absolute atomic E-state index is 0.0226. The number of para-hydroxylation sites is 1. The van der Waals surface area contributed by atoms with Gasteiger partial charge >= 0.3 is 0 Å². The third kappa shape index (κ3) is 3.65. The lowest BCUT2D eigenvalue weighted by molar-refractivity contribution is 0.105. The molecule has 1 aliphatic rings. The number of ether oxygens (including phenoxy) is 2. The van der Waals surface area contributed by atoms with Gasteiger partial charge in [0.15, 0.2) is 17.3 Å². The van der Waals surface area contributed by atoms with Crippen molar-refractivity contribution in [3.05, 3.63) is 88.8 Å². The topological polar surface area (TPSA) is 53.4 Å². The van der Waals surface area contributed by atoms with Crippen molar-refractivity contribution in [3.63, 3.8) is 0 Å².